The maximum atomic E-state index is 12.5. The number of rotatable bonds is 8. The van der Waals surface area contributed by atoms with E-state index in [2.05, 4.69) is 11.4 Å². The van der Waals surface area contributed by atoms with Gasteiger partial charge in [-0.15, -0.1) is 0 Å². The number of benzene rings is 3. The Kier molecular flexibility index (Phi) is 7.32. The fraction of sp³-hybridized carbons (Fsp3) is 0.250. The molecule has 7 heteroatoms. The quantitative estimate of drug-likeness (QED) is 0.479. The Morgan fingerprint density at radius 1 is 1.17 bits per heavy atom. The van der Waals surface area contributed by atoms with Crippen LogP contribution < -0.4 is 19.5 Å². The highest BCUT2D eigenvalue weighted by molar-refractivity contribution is 5.94. The molecule has 1 aliphatic heterocycles. The fourth-order valence-electron chi connectivity index (χ4n) is 4.00. The first-order chi connectivity index (χ1) is 17.0. The van der Waals surface area contributed by atoms with Crippen molar-refractivity contribution in [3.8, 4) is 29.1 Å². The molecule has 1 atom stereocenters. The lowest BCUT2D eigenvalue weighted by Crippen LogP contribution is -2.25. The van der Waals surface area contributed by atoms with E-state index >= 15 is 0 Å². The Hall–Kier alpha value is -4.31. The van der Waals surface area contributed by atoms with Crippen molar-refractivity contribution in [2.45, 2.75) is 25.7 Å². The molecule has 0 radical (unpaired) electrons. The highest BCUT2D eigenvalue weighted by atomic mass is 16.5. The molecule has 4 rings (SSSR count). The normalized spacial score (nSPS) is 14.1. The van der Waals surface area contributed by atoms with E-state index < -0.39 is 0 Å². The summed E-state index contributed by atoms with van der Waals surface area (Å²) in [6.07, 6.45) is 2.15. The lowest BCUT2D eigenvalue weighted by atomic mass is 9.93. The summed E-state index contributed by atoms with van der Waals surface area (Å²) in [7, 11) is 1.64. The van der Waals surface area contributed by atoms with Crippen molar-refractivity contribution < 1.29 is 23.8 Å². The Labute approximate surface area is 204 Å². The second kappa shape index (κ2) is 10.7. The number of ether oxygens (including phenoxy) is 3. The maximum Gasteiger partial charge on any atom is 0.251 e. The topological polar surface area (TPSA) is 97.6 Å². The van der Waals surface area contributed by atoms with Gasteiger partial charge in [0.2, 0.25) is 0 Å². The van der Waals surface area contributed by atoms with Crippen molar-refractivity contribution >= 4 is 12.2 Å². The van der Waals surface area contributed by atoms with E-state index in [1.807, 2.05) is 25.1 Å². The van der Waals surface area contributed by atoms with Crippen LogP contribution in [0.2, 0.25) is 0 Å². The number of carbonyl (C=O) groups excluding carboxylic acids is 2. The van der Waals surface area contributed by atoms with Crippen molar-refractivity contribution in [2.75, 3.05) is 20.3 Å². The minimum atomic E-state index is -0.286. The van der Waals surface area contributed by atoms with Gasteiger partial charge in [-0.05, 0) is 67.3 Å². The van der Waals surface area contributed by atoms with Gasteiger partial charge >= 0.3 is 0 Å². The van der Waals surface area contributed by atoms with Gasteiger partial charge in [-0.2, -0.15) is 5.26 Å². The number of hydrogen-bond acceptors (Lipinski definition) is 6. The molecule has 0 fully saturated rings. The lowest BCUT2D eigenvalue weighted by molar-refractivity contribution is -0.109. The van der Waals surface area contributed by atoms with Gasteiger partial charge in [-0.3, -0.25) is 4.79 Å². The molecule has 1 aliphatic rings. The first kappa shape index (κ1) is 23.8. The molecule has 1 unspecified atom stereocenters. The van der Waals surface area contributed by atoms with E-state index in [1.54, 1.807) is 43.5 Å². The van der Waals surface area contributed by atoms with E-state index in [4.69, 9.17) is 14.2 Å². The van der Waals surface area contributed by atoms with Gasteiger partial charge in [0, 0.05) is 29.7 Å². The number of carbonyl (C=O) groups is 2. The second-order valence-corrected chi connectivity index (χ2v) is 8.31. The van der Waals surface area contributed by atoms with Crippen LogP contribution in [-0.4, -0.2) is 32.5 Å². The van der Waals surface area contributed by atoms with Crippen LogP contribution in [0, 0.1) is 18.3 Å². The first-order valence-corrected chi connectivity index (χ1v) is 11.4. The zero-order valence-electron chi connectivity index (χ0n) is 19.7. The van der Waals surface area contributed by atoms with Gasteiger partial charge in [-0.25, -0.2) is 0 Å². The lowest BCUT2D eigenvalue weighted by Gasteiger charge is -2.23. The summed E-state index contributed by atoms with van der Waals surface area (Å²) >= 11 is 0. The van der Waals surface area contributed by atoms with Crippen LogP contribution in [0.4, 0.5) is 0 Å². The molecule has 1 heterocycles. The number of amides is 1. The third-order valence-electron chi connectivity index (χ3n) is 6.00. The SMILES string of the molecule is COc1cc(CCNC(=O)c2ccc(Oc3cc4c(cc3C#N)C(C=O)CCO4)cc2)ccc1C. The Morgan fingerprint density at radius 2 is 1.97 bits per heavy atom. The predicted molar refractivity (Wildman–Crippen MR) is 130 cm³/mol. The molecular weight excluding hydrogens is 444 g/mol. The largest absolute Gasteiger partial charge is 0.496 e. The van der Waals surface area contributed by atoms with E-state index in [-0.39, 0.29) is 11.8 Å². The van der Waals surface area contributed by atoms with Crippen LogP contribution in [0.3, 0.4) is 0 Å². The molecule has 1 N–H and O–H groups in total. The molecule has 1 amide bonds. The zero-order chi connectivity index (χ0) is 24.8. The molecule has 0 bridgehead atoms. The van der Waals surface area contributed by atoms with Crippen molar-refractivity contribution in [3.05, 3.63) is 82.4 Å². The van der Waals surface area contributed by atoms with Crippen LogP contribution >= 0.6 is 0 Å². The predicted octanol–water partition coefficient (Wildman–Crippen LogP) is 4.71. The first-order valence-electron chi connectivity index (χ1n) is 11.4. The van der Waals surface area contributed by atoms with Crippen LogP contribution in [0.15, 0.2) is 54.6 Å². The number of aldehydes is 1. The summed E-state index contributed by atoms with van der Waals surface area (Å²) in [6.45, 7) is 2.91. The van der Waals surface area contributed by atoms with Crippen molar-refractivity contribution in [3.63, 3.8) is 0 Å². The number of aryl methyl sites for hydroxylation is 1. The molecule has 178 valence electrons. The van der Waals surface area contributed by atoms with Gasteiger partial charge in [0.25, 0.3) is 5.91 Å². The van der Waals surface area contributed by atoms with Crippen LogP contribution in [0.1, 0.15) is 45.0 Å². The van der Waals surface area contributed by atoms with Gasteiger partial charge in [-0.1, -0.05) is 12.1 Å². The van der Waals surface area contributed by atoms with E-state index in [1.165, 1.54) is 0 Å². The smallest absolute Gasteiger partial charge is 0.251 e. The highest BCUT2D eigenvalue weighted by Gasteiger charge is 2.24. The summed E-state index contributed by atoms with van der Waals surface area (Å²) < 4.78 is 16.9. The molecule has 3 aromatic rings. The fourth-order valence-corrected chi connectivity index (χ4v) is 4.00. The summed E-state index contributed by atoms with van der Waals surface area (Å²) in [4.78, 5) is 23.9. The van der Waals surface area contributed by atoms with Crippen LogP contribution in [0.5, 0.6) is 23.0 Å². The molecule has 0 aromatic heterocycles. The highest BCUT2D eigenvalue weighted by Crippen LogP contribution is 2.38. The standard InChI is InChI=1S/C28H26N2O5/c1-18-3-4-19(13-25(18)33-2)9-11-30-28(32)20-5-7-23(8-6-20)35-26-15-27-24(14-22(26)16-29)21(17-31)10-12-34-27/h3-8,13-15,17,21H,9-12H2,1-2H3,(H,30,32). The molecule has 7 nitrogen and oxygen atoms in total. The number of nitriles is 1. The minimum Gasteiger partial charge on any atom is -0.496 e. The van der Waals surface area contributed by atoms with Crippen LogP contribution in [0.25, 0.3) is 0 Å². The van der Waals surface area contributed by atoms with Gasteiger partial charge in [0.05, 0.1) is 19.3 Å². The minimum absolute atomic E-state index is 0.185. The number of methoxy groups -OCH3 is 1. The van der Waals surface area contributed by atoms with E-state index in [0.717, 1.165) is 23.2 Å². The molecule has 0 aliphatic carbocycles. The number of nitrogens with one attached hydrogen (secondary N) is 1. The molecule has 0 saturated heterocycles. The van der Waals surface area contributed by atoms with E-state index in [9.17, 15) is 14.9 Å². The van der Waals surface area contributed by atoms with Gasteiger partial charge in [0.15, 0.2) is 0 Å². The average molecular weight is 471 g/mol. The zero-order valence-corrected chi connectivity index (χ0v) is 19.7. The summed E-state index contributed by atoms with van der Waals surface area (Å²) in [6, 6.07) is 18.1. The molecular formula is C28H26N2O5. The maximum absolute atomic E-state index is 12.5. The van der Waals surface area contributed by atoms with Gasteiger partial charge < -0.3 is 24.3 Å². The Morgan fingerprint density at radius 3 is 2.69 bits per heavy atom. The molecule has 0 saturated carbocycles. The summed E-state index contributed by atoms with van der Waals surface area (Å²) in [5.41, 5.74) is 3.67. The van der Waals surface area contributed by atoms with Crippen molar-refractivity contribution in [2.24, 2.45) is 0 Å². The van der Waals surface area contributed by atoms with Gasteiger partial charge in [0.1, 0.15) is 35.4 Å². The number of nitrogens with zero attached hydrogens (tertiary/aromatic N) is 1. The average Bonchev–Trinajstić information content (AvgIpc) is 2.89. The Bertz CT molecular complexity index is 1280. The third-order valence-corrected chi connectivity index (χ3v) is 6.00. The second-order valence-electron chi connectivity index (χ2n) is 8.31. The summed E-state index contributed by atoms with van der Waals surface area (Å²) in [5, 5.41) is 12.5. The van der Waals surface area contributed by atoms with Crippen LogP contribution in [-0.2, 0) is 11.2 Å². The van der Waals surface area contributed by atoms with Crippen molar-refractivity contribution in [1.82, 2.24) is 5.32 Å². The molecule has 0 spiro atoms. The third kappa shape index (κ3) is 5.44. The molecule has 3 aromatic carbocycles. The van der Waals surface area contributed by atoms with Crippen molar-refractivity contribution in [1.29, 1.82) is 5.26 Å². The monoisotopic (exact) mass is 470 g/mol. The number of fused-ring (bicyclic) bond motifs is 1. The Balaban J connectivity index is 1.39. The molecule has 35 heavy (non-hydrogen) atoms. The van der Waals surface area contributed by atoms with E-state index in [0.29, 0.717) is 59.9 Å². The number of hydrogen-bond donors (Lipinski definition) is 1. The summed E-state index contributed by atoms with van der Waals surface area (Å²) in [5.74, 6) is 1.72.